The van der Waals surface area contributed by atoms with E-state index in [1.54, 1.807) is 6.92 Å². The molecule has 0 aliphatic rings. The van der Waals surface area contributed by atoms with Crippen LogP contribution in [0.2, 0.25) is 5.02 Å². The summed E-state index contributed by atoms with van der Waals surface area (Å²) in [7, 11) is 0. The van der Waals surface area contributed by atoms with Crippen molar-refractivity contribution in [2.24, 2.45) is 0 Å². The molecule has 0 amide bonds. The van der Waals surface area contributed by atoms with E-state index in [0.29, 0.717) is 10.6 Å². The van der Waals surface area contributed by atoms with Gasteiger partial charge in [-0.25, -0.2) is 0 Å². The minimum atomic E-state index is -0.459. The molecule has 0 saturated heterocycles. The fourth-order valence-corrected chi connectivity index (χ4v) is 1.31. The summed E-state index contributed by atoms with van der Waals surface area (Å²) in [4.78, 5) is 10.2. The summed E-state index contributed by atoms with van der Waals surface area (Å²) in [5.74, 6) is 2.13. The van der Waals surface area contributed by atoms with Crippen molar-refractivity contribution in [3.63, 3.8) is 0 Å². The third-order valence-corrected chi connectivity index (χ3v) is 2.14. The monoisotopic (exact) mass is 209 g/mol. The second kappa shape index (κ2) is 4.12. The lowest BCUT2D eigenvalue weighted by atomic mass is 10.0. The van der Waals surface area contributed by atoms with E-state index in [1.165, 1.54) is 18.2 Å². The van der Waals surface area contributed by atoms with Crippen LogP contribution in [0.1, 0.15) is 18.4 Å². The summed E-state index contributed by atoms with van der Waals surface area (Å²) in [6.07, 6.45) is 5.21. The van der Waals surface area contributed by atoms with E-state index >= 15 is 0 Å². The fourth-order valence-electron chi connectivity index (χ4n) is 1.13. The topological polar surface area (TPSA) is 43.1 Å². The number of nitrogens with zero attached hydrogens (tertiary/aromatic N) is 1. The van der Waals surface area contributed by atoms with Gasteiger partial charge in [0.25, 0.3) is 5.69 Å². The molecule has 1 aromatic carbocycles. The molecule has 1 unspecified atom stereocenters. The summed E-state index contributed by atoms with van der Waals surface area (Å²) in [5.41, 5.74) is 0.491. The lowest BCUT2D eigenvalue weighted by molar-refractivity contribution is -0.385. The van der Waals surface area contributed by atoms with Gasteiger partial charge in [0, 0.05) is 22.6 Å². The molecular formula is C10H8ClNO2. The van der Waals surface area contributed by atoms with Crippen LogP contribution >= 0.6 is 11.6 Å². The molecule has 0 fully saturated rings. The zero-order valence-corrected chi connectivity index (χ0v) is 8.28. The van der Waals surface area contributed by atoms with Gasteiger partial charge in [-0.2, -0.15) is 0 Å². The Bertz CT molecular complexity index is 409. The predicted octanol–water partition coefficient (Wildman–Crippen LogP) is 2.98. The summed E-state index contributed by atoms with van der Waals surface area (Å²) >= 11 is 5.73. The zero-order valence-electron chi connectivity index (χ0n) is 7.53. The van der Waals surface area contributed by atoms with Crippen molar-refractivity contribution in [3.05, 3.63) is 38.9 Å². The smallest absolute Gasteiger partial charge is 0.258 e. The Morgan fingerprint density at radius 1 is 1.64 bits per heavy atom. The van der Waals surface area contributed by atoms with Crippen LogP contribution in [0.5, 0.6) is 0 Å². The van der Waals surface area contributed by atoms with Crippen LogP contribution in [0, 0.1) is 22.5 Å². The molecule has 0 aliphatic heterocycles. The van der Waals surface area contributed by atoms with Gasteiger partial charge < -0.3 is 0 Å². The van der Waals surface area contributed by atoms with Gasteiger partial charge in [-0.15, -0.1) is 6.42 Å². The molecule has 0 radical (unpaired) electrons. The molecule has 0 saturated carbocycles. The van der Waals surface area contributed by atoms with E-state index in [-0.39, 0.29) is 11.6 Å². The lowest BCUT2D eigenvalue weighted by Gasteiger charge is -2.05. The Morgan fingerprint density at radius 2 is 2.29 bits per heavy atom. The zero-order chi connectivity index (χ0) is 10.7. The van der Waals surface area contributed by atoms with Crippen molar-refractivity contribution < 1.29 is 4.92 Å². The van der Waals surface area contributed by atoms with Gasteiger partial charge in [0.2, 0.25) is 0 Å². The Balaban J connectivity index is 3.31. The molecule has 1 rings (SSSR count). The predicted molar refractivity (Wildman–Crippen MR) is 55.4 cm³/mol. The van der Waals surface area contributed by atoms with E-state index < -0.39 is 4.92 Å². The highest BCUT2D eigenvalue weighted by atomic mass is 35.5. The maximum absolute atomic E-state index is 10.6. The molecule has 1 atom stereocenters. The van der Waals surface area contributed by atoms with Crippen LogP contribution in [0.25, 0.3) is 0 Å². The Kier molecular flexibility index (Phi) is 3.10. The normalized spacial score (nSPS) is 11.8. The summed E-state index contributed by atoms with van der Waals surface area (Å²) in [6, 6.07) is 4.38. The first-order chi connectivity index (χ1) is 6.56. The largest absolute Gasteiger partial charge is 0.273 e. The van der Waals surface area contributed by atoms with Gasteiger partial charge in [0.05, 0.1) is 4.92 Å². The van der Waals surface area contributed by atoms with Crippen LogP contribution < -0.4 is 0 Å². The van der Waals surface area contributed by atoms with Gasteiger partial charge in [0.15, 0.2) is 0 Å². The molecule has 72 valence electrons. The SMILES string of the molecule is C#CC(C)c1cc(Cl)ccc1[N+](=O)[O-]. The van der Waals surface area contributed by atoms with Gasteiger partial charge in [-0.05, 0) is 19.1 Å². The molecule has 0 spiro atoms. The molecule has 0 aromatic heterocycles. The number of hydrogen-bond acceptors (Lipinski definition) is 2. The first-order valence-corrected chi connectivity index (χ1v) is 4.34. The number of hydrogen-bond donors (Lipinski definition) is 0. The van der Waals surface area contributed by atoms with E-state index in [4.69, 9.17) is 18.0 Å². The quantitative estimate of drug-likeness (QED) is 0.427. The molecule has 3 nitrogen and oxygen atoms in total. The maximum atomic E-state index is 10.6. The van der Waals surface area contributed by atoms with E-state index in [0.717, 1.165) is 0 Å². The number of nitro groups is 1. The van der Waals surface area contributed by atoms with Crippen molar-refractivity contribution in [2.45, 2.75) is 12.8 Å². The molecule has 0 N–H and O–H groups in total. The first kappa shape index (κ1) is 10.6. The van der Waals surface area contributed by atoms with Gasteiger partial charge in [0.1, 0.15) is 0 Å². The highest BCUT2D eigenvalue weighted by molar-refractivity contribution is 6.30. The summed E-state index contributed by atoms with van der Waals surface area (Å²) < 4.78 is 0. The molecule has 0 bridgehead atoms. The summed E-state index contributed by atoms with van der Waals surface area (Å²) in [6.45, 7) is 1.72. The van der Waals surface area contributed by atoms with Gasteiger partial charge in [-0.3, -0.25) is 10.1 Å². The standard InChI is InChI=1S/C10H8ClNO2/c1-3-7(2)9-6-8(11)4-5-10(9)12(13)14/h1,4-7H,2H3. The third kappa shape index (κ3) is 2.04. The number of rotatable bonds is 2. The van der Waals surface area contributed by atoms with Crippen molar-refractivity contribution in [2.75, 3.05) is 0 Å². The molecular weight excluding hydrogens is 202 g/mol. The molecule has 1 aromatic rings. The van der Waals surface area contributed by atoms with Crippen LogP contribution in [0.3, 0.4) is 0 Å². The van der Waals surface area contributed by atoms with E-state index in [9.17, 15) is 10.1 Å². The second-order valence-electron chi connectivity index (χ2n) is 2.85. The van der Waals surface area contributed by atoms with Crippen molar-refractivity contribution in [3.8, 4) is 12.3 Å². The van der Waals surface area contributed by atoms with Crippen molar-refractivity contribution >= 4 is 17.3 Å². The molecule has 14 heavy (non-hydrogen) atoms. The van der Waals surface area contributed by atoms with Crippen molar-refractivity contribution in [1.29, 1.82) is 0 Å². The number of terminal acetylenes is 1. The molecule has 0 heterocycles. The Hall–Kier alpha value is -1.53. The highest BCUT2D eigenvalue weighted by Crippen LogP contribution is 2.28. The first-order valence-electron chi connectivity index (χ1n) is 3.96. The van der Waals surface area contributed by atoms with Crippen LogP contribution in [0.4, 0.5) is 5.69 Å². The van der Waals surface area contributed by atoms with E-state index in [1.807, 2.05) is 0 Å². The minimum absolute atomic E-state index is 0.0138. The number of benzene rings is 1. The number of halogens is 1. The van der Waals surface area contributed by atoms with Gasteiger partial charge >= 0.3 is 0 Å². The fraction of sp³-hybridized carbons (Fsp3) is 0.200. The Labute approximate surface area is 86.8 Å². The number of nitro benzene ring substituents is 1. The van der Waals surface area contributed by atoms with Crippen molar-refractivity contribution in [1.82, 2.24) is 0 Å². The summed E-state index contributed by atoms with van der Waals surface area (Å²) in [5, 5.41) is 11.1. The Morgan fingerprint density at radius 3 is 2.79 bits per heavy atom. The molecule has 0 aliphatic carbocycles. The minimum Gasteiger partial charge on any atom is -0.258 e. The average molecular weight is 210 g/mol. The van der Waals surface area contributed by atoms with Gasteiger partial charge in [-0.1, -0.05) is 17.5 Å². The van der Waals surface area contributed by atoms with Crippen LogP contribution in [-0.4, -0.2) is 4.92 Å². The lowest BCUT2D eigenvalue weighted by Crippen LogP contribution is -1.97. The maximum Gasteiger partial charge on any atom is 0.273 e. The van der Waals surface area contributed by atoms with Crippen LogP contribution in [-0.2, 0) is 0 Å². The highest BCUT2D eigenvalue weighted by Gasteiger charge is 2.17. The second-order valence-corrected chi connectivity index (χ2v) is 3.29. The molecule has 4 heteroatoms. The van der Waals surface area contributed by atoms with E-state index in [2.05, 4.69) is 5.92 Å². The average Bonchev–Trinajstić information content (AvgIpc) is 2.16. The van der Waals surface area contributed by atoms with Crippen LogP contribution in [0.15, 0.2) is 18.2 Å². The third-order valence-electron chi connectivity index (χ3n) is 1.90.